The lowest BCUT2D eigenvalue weighted by atomic mass is 9.82. The smallest absolute Gasteiger partial charge is 0.337 e. The van der Waals surface area contributed by atoms with Crippen molar-refractivity contribution in [3.05, 3.63) is 71.2 Å². The Morgan fingerprint density at radius 3 is 2.20 bits per heavy atom. The van der Waals surface area contributed by atoms with Gasteiger partial charge in [0.05, 0.1) is 17.9 Å². The summed E-state index contributed by atoms with van der Waals surface area (Å²) in [5.41, 5.74) is 4.17. The van der Waals surface area contributed by atoms with E-state index in [0.29, 0.717) is 48.9 Å². The Balaban J connectivity index is 1.58. The van der Waals surface area contributed by atoms with E-state index in [1.807, 2.05) is 56.9 Å². The number of pyridine rings is 1. The van der Waals surface area contributed by atoms with Crippen LogP contribution in [0.4, 0.5) is 15.9 Å². The number of rotatable bonds is 11. The SMILES string of the molecule is CC(=O)N1CCC(Nc2nc(C)c([C@H](OC(C)(C)C)C(=O)O)c(N3CCC(C)(C)CC3)c2-c2ccc(OCCc3ccc(F)cc3)cc2)CC1. The number of carbonyl (C=O) groups excluding carboxylic acids is 1. The quantitative estimate of drug-likeness (QED) is 0.210. The number of hydrogen-bond donors (Lipinski definition) is 2. The molecule has 1 amide bonds. The summed E-state index contributed by atoms with van der Waals surface area (Å²) in [5.74, 6) is 0.148. The van der Waals surface area contributed by atoms with Gasteiger partial charge in [0, 0.05) is 62.4 Å². The first-order chi connectivity index (χ1) is 23.6. The average Bonchev–Trinajstić information content (AvgIpc) is 3.05. The topological polar surface area (TPSA) is 104 Å². The molecule has 270 valence electrons. The molecule has 2 aliphatic rings. The summed E-state index contributed by atoms with van der Waals surface area (Å²) >= 11 is 0. The largest absolute Gasteiger partial charge is 0.493 e. The number of nitrogens with one attached hydrogen (secondary N) is 1. The number of halogens is 1. The zero-order valence-corrected chi connectivity index (χ0v) is 30.6. The molecular formula is C40H53FN4O5. The molecule has 0 radical (unpaired) electrons. The van der Waals surface area contributed by atoms with Gasteiger partial charge in [-0.2, -0.15) is 0 Å². The van der Waals surface area contributed by atoms with Gasteiger partial charge in [-0.25, -0.2) is 14.2 Å². The first-order valence-electron chi connectivity index (χ1n) is 17.8. The van der Waals surface area contributed by atoms with Crippen LogP contribution in [0, 0.1) is 18.2 Å². The van der Waals surface area contributed by atoms with E-state index in [4.69, 9.17) is 14.5 Å². The number of carboxylic acids is 1. The summed E-state index contributed by atoms with van der Waals surface area (Å²) in [6, 6.07) is 14.4. The minimum Gasteiger partial charge on any atom is -0.493 e. The number of piperidine rings is 2. The molecule has 0 spiro atoms. The fourth-order valence-corrected chi connectivity index (χ4v) is 6.83. The number of anilines is 2. The van der Waals surface area contributed by atoms with Crippen LogP contribution in [0.15, 0.2) is 48.5 Å². The molecule has 0 aliphatic carbocycles. The number of carbonyl (C=O) groups is 2. The zero-order chi connectivity index (χ0) is 36.2. The Hall–Kier alpha value is -4.18. The molecule has 3 aromatic rings. The highest BCUT2D eigenvalue weighted by Crippen LogP contribution is 2.47. The maximum absolute atomic E-state index is 13.3. The molecule has 0 bridgehead atoms. The Morgan fingerprint density at radius 1 is 1.02 bits per heavy atom. The molecule has 0 unspecified atom stereocenters. The van der Waals surface area contributed by atoms with E-state index in [0.717, 1.165) is 61.2 Å². The molecule has 2 N–H and O–H groups in total. The van der Waals surface area contributed by atoms with E-state index < -0.39 is 17.7 Å². The van der Waals surface area contributed by atoms with Gasteiger partial charge in [0.2, 0.25) is 5.91 Å². The van der Waals surface area contributed by atoms with Gasteiger partial charge in [-0.05, 0) is 94.2 Å². The van der Waals surface area contributed by atoms with Gasteiger partial charge >= 0.3 is 5.97 Å². The van der Waals surface area contributed by atoms with Crippen molar-refractivity contribution in [2.75, 3.05) is 43.0 Å². The van der Waals surface area contributed by atoms with Gasteiger partial charge < -0.3 is 29.7 Å². The molecule has 1 aromatic heterocycles. The summed E-state index contributed by atoms with van der Waals surface area (Å²) in [7, 11) is 0. The fraction of sp³-hybridized carbons (Fsp3) is 0.525. The van der Waals surface area contributed by atoms with E-state index in [-0.39, 0.29) is 23.2 Å². The Bertz CT molecular complexity index is 1630. The molecule has 10 heteroatoms. The van der Waals surface area contributed by atoms with Crippen molar-refractivity contribution in [2.24, 2.45) is 5.41 Å². The first kappa shape index (κ1) is 37.1. The van der Waals surface area contributed by atoms with Crippen LogP contribution >= 0.6 is 0 Å². The van der Waals surface area contributed by atoms with Crippen molar-refractivity contribution >= 4 is 23.4 Å². The van der Waals surface area contributed by atoms with Gasteiger partial charge in [-0.15, -0.1) is 0 Å². The third-order valence-corrected chi connectivity index (χ3v) is 9.79. The molecule has 0 saturated carbocycles. The van der Waals surface area contributed by atoms with Gasteiger partial charge in [0.25, 0.3) is 0 Å². The maximum Gasteiger partial charge on any atom is 0.337 e. The third kappa shape index (κ3) is 9.33. The number of aryl methyl sites for hydroxylation is 1. The first-order valence-corrected chi connectivity index (χ1v) is 17.8. The van der Waals surface area contributed by atoms with Crippen LogP contribution in [-0.2, 0) is 20.7 Å². The van der Waals surface area contributed by atoms with E-state index in [2.05, 4.69) is 24.1 Å². The lowest BCUT2D eigenvalue weighted by Crippen LogP contribution is -2.42. The predicted molar refractivity (Wildman–Crippen MR) is 195 cm³/mol. The molecule has 50 heavy (non-hydrogen) atoms. The molecule has 3 heterocycles. The fourth-order valence-electron chi connectivity index (χ4n) is 6.83. The molecule has 1 atom stereocenters. The number of aromatic nitrogens is 1. The van der Waals surface area contributed by atoms with E-state index >= 15 is 0 Å². The lowest BCUT2D eigenvalue weighted by Gasteiger charge is -2.41. The minimum absolute atomic E-state index is 0.0799. The Kier molecular flexibility index (Phi) is 11.4. The monoisotopic (exact) mass is 688 g/mol. The molecular weight excluding hydrogens is 635 g/mol. The maximum atomic E-state index is 13.3. The van der Waals surface area contributed by atoms with Gasteiger partial charge in [0.1, 0.15) is 17.4 Å². The molecule has 5 rings (SSSR count). The van der Waals surface area contributed by atoms with Crippen LogP contribution in [0.3, 0.4) is 0 Å². The second-order valence-corrected chi connectivity index (χ2v) is 15.5. The number of amides is 1. The highest BCUT2D eigenvalue weighted by atomic mass is 19.1. The summed E-state index contributed by atoms with van der Waals surface area (Å²) < 4.78 is 25.7. The zero-order valence-electron chi connectivity index (χ0n) is 30.6. The van der Waals surface area contributed by atoms with E-state index in [9.17, 15) is 19.1 Å². The van der Waals surface area contributed by atoms with Gasteiger partial charge in [0.15, 0.2) is 6.10 Å². The number of ether oxygens (including phenoxy) is 2. The van der Waals surface area contributed by atoms with Crippen LogP contribution in [0.25, 0.3) is 11.1 Å². The van der Waals surface area contributed by atoms with Gasteiger partial charge in [-0.3, -0.25) is 4.79 Å². The average molecular weight is 689 g/mol. The molecule has 2 aromatic carbocycles. The number of benzene rings is 2. The number of nitrogens with zero attached hydrogens (tertiary/aromatic N) is 3. The minimum atomic E-state index is -1.23. The van der Waals surface area contributed by atoms with Crippen LogP contribution < -0.4 is 15.0 Å². The lowest BCUT2D eigenvalue weighted by molar-refractivity contribution is -0.160. The summed E-state index contributed by atoms with van der Waals surface area (Å²) in [6.45, 7) is 16.9. The highest BCUT2D eigenvalue weighted by molar-refractivity contribution is 5.92. The Morgan fingerprint density at radius 2 is 1.64 bits per heavy atom. The van der Waals surface area contributed by atoms with Crippen molar-refractivity contribution in [1.82, 2.24) is 9.88 Å². The van der Waals surface area contributed by atoms with Crippen molar-refractivity contribution in [2.45, 2.75) is 98.3 Å². The molecule has 2 fully saturated rings. The summed E-state index contributed by atoms with van der Waals surface area (Å²) in [4.78, 5) is 34.4. The number of carboxylic acid groups (broad SMARTS) is 1. The summed E-state index contributed by atoms with van der Waals surface area (Å²) in [5, 5.41) is 14.4. The molecule has 9 nitrogen and oxygen atoms in total. The van der Waals surface area contributed by atoms with Crippen LogP contribution in [0.1, 0.15) is 90.2 Å². The van der Waals surface area contributed by atoms with E-state index in [1.54, 1.807) is 19.1 Å². The normalized spacial score (nSPS) is 17.4. The second kappa shape index (κ2) is 15.4. The van der Waals surface area contributed by atoms with Crippen molar-refractivity contribution < 1.29 is 28.6 Å². The van der Waals surface area contributed by atoms with Crippen molar-refractivity contribution in [1.29, 1.82) is 0 Å². The van der Waals surface area contributed by atoms with E-state index in [1.165, 1.54) is 12.1 Å². The van der Waals surface area contributed by atoms with Crippen LogP contribution in [0.5, 0.6) is 5.75 Å². The number of aliphatic carboxylic acids is 1. The van der Waals surface area contributed by atoms with Crippen LogP contribution in [-0.4, -0.2) is 71.3 Å². The van der Waals surface area contributed by atoms with Crippen molar-refractivity contribution in [3.63, 3.8) is 0 Å². The molecule has 2 saturated heterocycles. The van der Waals surface area contributed by atoms with Crippen molar-refractivity contribution in [3.8, 4) is 16.9 Å². The summed E-state index contributed by atoms with van der Waals surface area (Å²) in [6.07, 6.45) is 2.88. The number of likely N-dealkylation sites (tertiary alicyclic amines) is 1. The molecule has 2 aliphatic heterocycles. The number of hydrogen-bond acceptors (Lipinski definition) is 7. The third-order valence-electron chi connectivity index (χ3n) is 9.79. The highest BCUT2D eigenvalue weighted by Gasteiger charge is 2.37. The Labute approximate surface area is 296 Å². The van der Waals surface area contributed by atoms with Crippen LogP contribution in [0.2, 0.25) is 0 Å². The van der Waals surface area contributed by atoms with Gasteiger partial charge in [-0.1, -0.05) is 38.1 Å². The standard InChI is InChI=1S/C40H53FN4O5/c1-26-33(36(38(47)48)50-39(3,4)5)35(45-23-19-40(6,7)20-24-45)34(37(42-26)43-31-16-21-44(22-17-31)27(2)46)29-10-14-32(15-11-29)49-25-18-28-8-12-30(41)13-9-28/h8-15,31,36H,16-25H2,1-7H3,(H,42,43)(H,47,48)/t36-/m0/s1. The second-order valence-electron chi connectivity index (χ2n) is 15.5. The predicted octanol–water partition coefficient (Wildman–Crippen LogP) is 7.81.